The van der Waals surface area contributed by atoms with E-state index in [9.17, 15) is 9.90 Å². The zero-order valence-electron chi connectivity index (χ0n) is 18.3. The second kappa shape index (κ2) is 11.7. The summed E-state index contributed by atoms with van der Waals surface area (Å²) in [5.74, 6) is -0.204. The fourth-order valence-corrected chi connectivity index (χ4v) is 3.57. The smallest absolute Gasteiger partial charge is 0.333 e. The van der Waals surface area contributed by atoms with Gasteiger partial charge in [0.2, 0.25) is 0 Å². The molecule has 0 bridgehead atoms. The Morgan fingerprint density at radius 1 is 0.969 bits per heavy atom. The van der Waals surface area contributed by atoms with Gasteiger partial charge in [-0.15, -0.1) is 0 Å². The summed E-state index contributed by atoms with van der Waals surface area (Å²) in [5, 5.41) is 9.21. The Morgan fingerprint density at radius 3 is 2.12 bits per heavy atom. The van der Waals surface area contributed by atoms with Gasteiger partial charge in [0, 0.05) is 17.5 Å². The van der Waals surface area contributed by atoms with Gasteiger partial charge in [0.1, 0.15) is 12.4 Å². The maximum Gasteiger partial charge on any atom is 0.333 e. The molecular weight excluding hydrogens is 468 g/mol. The number of ether oxygens (including phenoxy) is 2. The van der Waals surface area contributed by atoms with E-state index in [1.54, 1.807) is 6.92 Å². The zero-order valence-corrected chi connectivity index (χ0v) is 19.8. The predicted molar refractivity (Wildman–Crippen MR) is 132 cm³/mol. The summed E-state index contributed by atoms with van der Waals surface area (Å²) in [7, 11) is 0. The van der Waals surface area contributed by atoms with E-state index in [2.05, 4.69) is 65.3 Å². The molecule has 0 aliphatic heterocycles. The van der Waals surface area contributed by atoms with Crippen LogP contribution in [0.3, 0.4) is 0 Å². The van der Waals surface area contributed by atoms with Gasteiger partial charge in [0.05, 0.1) is 0 Å². The lowest BCUT2D eigenvalue weighted by Gasteiger charge is -2.12. The molecule has 1 atom stereocenters. The van der Waals surface area contributed by atoms with Crippen molar-refractivity contribution in [2.75, 3.05) is 13.2 Å². The van der Waals surface area contributed by atoms with Gasteiger partial charge in [-0.3, -0.25) is 0 Å². The van der Waals surface area contributed by atoms with Crippen LogP contribution in [0.2, 0.25) is 0 Å². The molecule has 0 amide bonds. The lowest BCUT2D eigenvalue weighted by Crippen LogP contribution is -2.26. The molecule has 1 unspecified atom stereocenters. The van der Waals surface area contributed by atoms with Crippen LogP contribution in [0, 0.1) is 0 Å². The van der Waals surface area contributed by atoms with Crippen molar-refractivity contribution in [3.63, 3.8) is 0 Å². The molecule has 3 rings (SSSR count). The van der Waals surface area contributed by atoms with Gasteiger partial charge in [-0.2, -0.15) is 0 Å². The molecule has 3 aromatic carbocycles. The minimum atomic E-state index is -0.947. The Labute approximate surface area is 197 Å². The summed E-state index contributed by atoms with van der Waals surface area (Å²) < 4.78 is 12.2. The normalized spacial score (nSPS) is 12.4. The van der Waals surface area contributed by atoms with Crippen LogP contribution in [0.5, 0.6) is 5.75 Å². The minimum Gasteiger partial charge on any atom is -0.490 e. The van der Waals surface area contributed by atoms with Crippen LogP contribution in [0.1, 0.15) is 25.0 Å². The number of rotatable bonds is 10. The maximum absolute atomic E-state index is 11.2. The van der Waals surface area contributed by atoms with Crippen molar-refractivity contribution in [3.05, 3.63) is 94.5 Å². The van der Waals surface area contributed by atoms with E-state index in [1.807, 2.05) is 36.4 Å². The molecule has 0 heterocycles. The zero-order chi connectivity index (χ0) is 22.9. The SMILES string of the molecule is CCOC(Cc1ccc(OCC=C(C)c2ccc(-c3ccc(Br)cc3)cc2)cc1)C(=O)O. The average molecular weight is 495 g/mol. The van der Waals surface area contributed by atoms with E-state index < -0.39 is 12.1 Å². The highest BCUT2D eigenvalue weighted by Crippen LogP contribution is 2.24. The number of hydrogen-bond donors (Lipinski definition) is 1. The van der Waals surface area contributed by atoms with Gasteiger partial charge in [0.25, 0.3) is 0 Å². The molecule has 0 aliphatic carbocycles. The van der Waals surface area contributed by atoms with Crippen molar-refractivity contribution < 1.29 is 19.4 Å². The van der Waals surface area contributed by atoms with Crippen LogP contribution >= 0.6 is 15.9 Å². The molecule has 3 aromatic rings. The molecule has 0 fully saturated rings. The number of carboxylic acids is 1. The maximum atomic E-state index is 11.2. The van der Waals surface area contributed by atoms with Crippen molar-refractivity contribution >= 4 is 27.5 Å². The van der Waals surface area contributed by atoms with Crippen LogP contribution < -0.4 is 4.74 Å². The van der Waals surface area contributed by atoms with E-state index in [0.29, 0.717) is 19.6 Å². The van der Waals surface area contributed by atoms with Gasteiger partial charge >= 0.3 is 5.97 Å². The largest absolute Gasteiger partial charge is 0.490 e. The lowest BCUT2D eigenvalue weighted by molar-refractivity contribution is -0.149. The first-order chi connectivity index (χ1) is 15.5. The number of carboxylic acid groups (broad SMARTS) is 1. The van der Waals surface area contributed by atoms with Gasteiger partial charge in [-0.1, -0.05) is 64.5 Å². The van der Waals surface area contributed by atoms with Crippen LogP contribution in [-0.2, 0) is 16.0 Å². The third kappa shape index (κ3) is 6.81. The van der Waals surface area contributed by atoms with E-state index in [-0.39, 0.29) is 0 Å². The molecule has 5 heteroatoms. The topological polar surface area (TPSA) is 55.8 Å². The number of halogens is 1. The molecule has 0 spiro atoms. The number of benzene rings is 3. The number of aliphatic carboxylic acids is 1. The van der Waals surface area contributed by atoms with Crippen molar-refractivity contribution in [3.8, 4) is 16.9 Å². The Bertz CT molecular complexity index is 1040. The van der Waals surface area contributed by atoms with Gasteiger partial charge < -0.3 is 14.6 Å². The molecule has 4 nitrogen and oxygen atoms in total. The Balaban J connectivity index is 1.55. The molecule has 32 heavy (non-hydrogen) atoms. The molecule has 0 radical (unpaired) electrons. The van der Waals surface area contributed by atoms with E-state index >= 15 is 0 Å². The molecule has 0 saturated heterocycles. The minimum absolute atomic E-state index is 0.332. The van der Waals surface area contributed by atoms with Crippen molar-refractivity contribution in [2.24, 2.45) is 0 Å². The first-order valence-corrected chi connectivity index (χ1v) is 11.3. The van der Waals surface area contributed by atoms with Crippen molar-refractivity contribution in [1.82, 2.24) is 0 Å². The van der Waals surface area contributed by atoms with Gasteiger partial charge in [-0.05, 0) is 72.0 Å². The van der Waals surface area contributed by atoms with Crippen LogP contribution in [0.15, 0.2) is 83.3 Å². The highest BCUT2D eigenvalue weighted by molar-refractivity contribution is 9.10. The van der Waals surface area contributed by atoms with Crippen LogP contribution in [0.25, 0.3) is 16.7 Å². The second-order valence-electron chi connectivity index (χ2n) is 7.41. The van der Waals surface area contributed by atoms with Crippen molar-refractivity contribution in [1.29, 1.82) is 0 Å². The highest BCUT2D eigenvalue weighted by Gasteiger charge is 2.17. The molecular formula is C27H27BrO4. The molecule has 0 aromatic heterocycles. The van der Waals surface area contributed by atoms with E-state index in [4.69, 9.17) is 9.47 Å². The summed E-state index contributed by atoms with van der Waals surface area (Å²) in [6.45, 7) is 4.69. The van der Waals surface area contributed by atoms with Crippen molar-refractivity contribution in [2.45, 2.75) is 26.4 Å². The first-order valence-electron chi connectivity index (χ1n) is 10.6. The number of hydrogen-bond acceptors (Lipinski definition) is 3. The quantitative estimate of drug-likeness (QED) is 0.343. The highest BCUT2D eigenvalue weighted by atomic mass is 79.9. The molecule has 1 N–H and O–H groups in total. The Hall–Kier alpha value is -2.89. The monoisotopic (exact) mass is 494 g/mol. The number of allylic oxidation sites excluding steroid dienone is 1. The number of carbonyl (C=O) groups is 1. The fraction of sp³-hybridized carbons (Fsp3) is 0.222. The summed E-state index contributed by atoms with van der Waals surface area (Å²) in [6, 6.07) is 24.2. The average Bonchev–Trinajstić information content (AvgIpc) is 2.80. The Kier molecular flexibility index (Phi) is 8.65. The lowest BCUT2D eigenvalue weighted by atomic mass is 10.0. The standard InChI is InChI=1S/C27H27BrO4/c1-3-31-26(27(29)30)18-20-4-14-25(15-5-20)32-17-16-19(2)21-6-8-22(9-7-21)23-10-12-24(28)13-11-23/h4-16,26H,3,17-18H2,1-2H3,(H,29,30). The molecule has 0 aliphatic rings. The van der Waals surface area contributed by atoms with Gasteiger partial charge in [0.15, 0.2) is 6.10 Å². The summed E-state index contributed by atoms with van der Waals surface area (Å²) >= 11 is 3.47. The molecule has 166 valence electrons. The fourth-order valence-electron chi connectivity index (χ4n) is 3.30. The third-order valence-corrected chi connectivity index (χ3v) is 5.67. The van der Waals surface area contributed by atoms with Gasteiger partial charge in [-0.25, -0.2) is 4.79 Å². The predicted octanol–water partition coefficient (Wildman–Crippen LogP) is 6.63. The second-order valence-corrected chi connectivity index (χ2v) is 8.33. The van der Waals surface area contributed by atoms with Crippen LogP contribution in [-0.4, -0.2) is 30.4 Å². The first kappa shape index (κ1) is 23.8. The summed E-state index contributed by atoms with van der Waals surface area (Å²) in [6.07, 6.45) is 1.56. The third-order valence-electron chi connectivity index (χ3n) is 5.15. The van der Waals surface area contributed by atoms with Crippen LogP contribution in [0.4, 0.5) is 0 Å². The molecule has 0 saturated carbocycles. The Morgan fingerprint density at radius 2 is 1.56 bits per heavy atom. The van der Waals surface area contributed by atoms with E-state index in [1.165, 1.54) is 11.1 Å². The summed E-state index contributed by atoms with van der Waals surface area (Å²) in [5.41, 5.74) is 5.56. The van der Waals surface area contributed by atoms with E-state index in [0.717, 1.165) is 26.9 Å². The summed E-state index contributed by atoms with van der Waals surface area (Å²) in [4.78, 5) is 11.2.